The third kappa shape index (κ3) is 6.19. The van der Waals surface area contributed by atoms with Gasteiger partial charge in [0.25, 0.3) is 0 Å². The van der Waals surface area contributed by atoms with Crippen molar-refractivity contribution >= 4 is 17.5 Å². The number of rotatable bonds is 9. The summed E-state index contributed by atoms with van der Waals surface area (Å²) in [5.41, 5.74) is 2.90. The molecule has 0 saturated carbocycles. The zero-order chi connectivity index (χ0) is 22.2. The lowest BCUT2D eigenvalue weighted by Gasteiger charge is -2.32. The van der Waals surface area contributed by atoms with Gasteiger partial charge in [-0.2, -0.15) is 0 Å². The van der Waals surface area contributed by atoms with Crippen molar-refractivity contribution in [3.8, 4) is 0 Å². The Morgan fingerprint density at radius 1 is 1.12 bits per heavy atom. The Labute approximate surface area is 191 Å². The molecular formula is C25H36N6O. The van der Waals surface area contributed by atoms with Gasteiger partial charge in [-0.15, -0.1) is 0 Å². The predicted molar refractivity (Wildman–Crippen MR) is 129 cm³/mol. The summed E-state index contributed by atoms with van der Waals surface area (Å²) in [7, 11) is 0. The van der Waals surface area contributed by atoms with Crippen molar-refractivity contribution in [3.05, 3.63) is 47.8 Å². The SMILES string of the molecule is CCNc1cc(N2CCC(CCC(=O)NCCN3CCc4ccccc4C3)CC2)ncn1. The second kappa shape index (κ2) is 11.3. The largest absolute Gasteiger partial charge is 0.370 e. The lowest BCUT2D eigenvalue weighted by molar-refractivity contribution is -0.121. The molecule has 0 bridgehead atoms. The standard InChI is InChI=1S/C25H36N6O/c1-2-26-23-17-24(29-19-28-23)31-14-9-20(10-15-31)7-8-25(32)27-12-16-30-13-11-21-5-3-4-6-22(21)18-30/h3-6,17,19-20H,2,7-16,18H2,1H3,(H,27,32)(H,26,28,29). The van der Waals surface area contributed by atoms with Crippen LogP contribution in [0.3, 0.4) is 0 Å². The molecule has 1 aromatic heterocycles. The number of carbonyl (C=O) groups excluding carboxylic acids is 1. The predicted octanol–water partition coefficient (Wildman–Crippen LogP) is 3.08. The summed E-state index contributed by atoms with van der Waals surface area (Å²) < 4.78 is 0. The van der Waals surface area contributed by atoms with E-state index in [0.717, 1.165) is 83.1 Å². The molecule has 7 heteroatoms. The van der Waals surface area contributed by atoms with Gasteiger partial charge in [0.15, 0.2) is 0 Å². The van der Waals surface area contributed by atoms with Gasteiger partial charge in [-0.1, -0.05) is 24.3 Å². The maximum atomic E-state index is 12.3. The van der Waals surface area contributed by atoms with Gasteiger partial charge in [0.05, 0.1) is 0 Å². The molecule has 7 nitrogen and oxygen atoms in total. The second-order valence-electron chi connectivity index (χ2n) is 8.91. The highest BCUT2D eigenvalue weighted by Gasteiger charge is 2.21. The van der Waals surface area contributed by atoms with Crippen molar-refractivity contribution in [1.82, 2.24) is 20.2 Å². The summed E-state index contributed by atoms with van der Waals surface area (Å²) in [5.74, 6) is 2.68. The van der Waals surface area contributed by atoms with Crippen molar-refractivity contribution < 1.29 is 4.79 Å². The summed E-state index contributed by atoms with van der Waals surface area (Å²) in [6.07, 6.45) is 6.57. The molecule has 1 amide bonds. The first-order valence-corrected chi connectivity index (χ1v) is 12.1. The zero-order valence-corrected chi connectivity index (χ0v) is 19.2. The highest BCUT2D eigenvalue weighted by molar-refractivity contribution is 5.75. The van der Waals surface area contributed by atoms with E-state index in [1.165, 1.54) is 11.1 Å². The van der Waals surface area contributed by atoms with E-state index < -0.39 is 0 Å². The Hall–Kier alpha value is -2.67. The molecule has 4 rings (SSSR count). The summed E-state index contributed by atoms with van der Waals surface area (Å²) in [5, 5.41) is 6.38. The third-order valence-corrected chi connectivity index (χ3v) is 6.69. The molecule has 1 saturated heterocycles. The van der Waals surface area contributed by atoms with Crippen molar-refractivity contribution in [1.29, 1.82) is 0 Å². The Bertz CT molecular complexity index is 880. The van der Waals surface area contributed by atoms with Crippen molar-refractivity contribution in [3.63, 3.8) is 0 Å². The van der Waals surface area contributed by atoms with Crippen LogP contribution in [-0.4, -0.2) is 60.0 Å². The number of carbonyl (C=O) groups is 1. The zero-order valence-electron chi connectivity index (χ0n) is 19.2. The van der Waals surface area contributed by atoms with Crippen LogP contribution in [0.5, 0.6) is 0 Å². The van der Waals surface area contributed by atoms with Crippen LogP contribution in [-0.2, 0) is 17.8 Å². The fourth-order valence-corrected chi connectivity index (χ4v) is 4.77. The van der Waals surface area contributed by atoms with E-state index >= 15 is 0 Å². The van der Waals surface area contributed by atoms with Crippen molar-refractivity contribution in [2.45, 2.75) is 45.6 Å². The maximum absolute atomic E-state index is 12.3. The average molecular weight is 437 g/mol. The van der Waals surface area contributed by atoms with Gasteiger partial charge in [0.1, 0.15) is 18.0 Å². The molecule has 1 fully saturated rings. The molecule has 0 aliphatic carbocycles. The minimum Gasteiger partial charge on any atom is -0.370 e. The van der Waals surface area contributed by atoms with E-state index in [2.05, 4.69) is 61.6 Å². The molecule has 32 heavy (non-hydrogen) atoms. The molecule has 2 aromatic rings. The number of benzene rings is 1. The lowest BCUT2D eigenvalue weighted by atomic mass is 9.92. The molecule has 2 aliphatic rings. The Balaban J connectivity index is 1.11. The molecular weight excluding hydrogens is 400 g/mol. The minimum absolute atomic E-state index is 0.191. The lowest BCUT2D eigenvalue weighted by Crippen LogP contribution is -2.38. The second-order valence-corrected chi connectivity index (χ2v) is 8.91. The van der Waals surface area contributed by atoms with Gasteiger partial charge in [-0.05, 0) is 49.7 Å². The molecule has 0 spiro atoms. The molecule has 172 valence electrons. The van der Waals surface area contributed by atoms with E-state index in [4.69, 9.17) is 0 Å². The van der Waals surface area contributed by atoms with Crippen LogP contribution in [0.4, 0.5) is 11.6 Å². The van der Waals surface area contributed by atoms with E-state index in [-0.39, 0.29) is 5.91 Å². The number of nitrogens with zero attached hydrogens (tertiary/aromatic N) is 4. The number of hydrogen-bond acceptors (Lipinski definition) is 6. The first-order valence-electron chi connectivity index (χ1n) is 12.1. The first kappa shape index (κ1) is 22.5. The molecule has 0 radical (unpaired) electrons. The first-order chi connectivity index (χ1) is 15.7. The van der Waals surface area contributed by atoms with Crippen molar-refractivity contribution in [2.24, 2.45) is 5.92 Å². The summed E-state index contributed by atoms with van der Waals surface area (Å²) in [6, 6.07) is 10.7. The van der Waals surface area contributed by atoms with E-state index in [9.17, 15) is 4.79 Å². The molecule has 0 unspecified atom stereocenters. The highest BCUT2D eigenvalue weighted by Crippen LogP contribution is 2.25. The van der Waals surface area contributed by atoms with Gasteiger partial charge in [-0.3, -0.25) is 9.69 Å². The fraction of sp³-hybridized carbons (Fsp3) is 0.560. The van der Waals surface area contributed by atoms with Crippen LogP contribution in [0.25, 0.3) is 0 Å². The Morgan fingerprint density at radius 2 is 1.94 bits per heavy atom. The highest BCUT2D eigenvalue weighted by atomic mass is 16.1. The van der Waals surface area contributed by atoms with Crippen LogP contribution >= 0.6 is 0 Å². The van der Waals surface area contributed by atoms with Gasteiger partial charge in [0, 0.05) is 58.3 Å². The number of aromatic nitrogens is 2. The monoisotopic (exact) mass is 436 g/mol. The number of anilines is 2. The quantitative estimate of drug-likeness (QED) is 0.629. The van der Waals surface area contributed by atoms with Gasteiger partial charge in [-0.25, -0.2) is 9.97 Å². The smallest absolute Gasteiger partial charge is 0.220 e. The molecule has 2 N–H and O–H groups in total. The minimum atomic E-state index is 0.191. The summed E-state index contributed by atoms with van der Waals surface area (Å²) in [4.78, 5) is 25.8. The number of nitrogens with one attached hydrogen (secondary N) is 2. The van der Waals surface area contributed by atoms with Gasteiger partial charge >= 0.3 is 0 Å². The summed E-state index contributed by atoms with van der Waals surface area (Å²) in [6.45, 7) is 8.63. The number of fused-ring (bicyclic) bond motifs is 1. The van der Waals surface area contributed by atoms with Crippen LogP contribution in [0.2, 0.25) is 0 Å². The van der Waals surface area contributed by atoms with Gasteiger partial charge < -0.3 is 15.5 Å². The molecule has 1 aromatic carbocycles. The topological polar surface area (TPSA) is 73.4 Å². The number of piperidine rings is 1. The van der Waals surface area contributed by atoms with Crippen molar-refractivity contribution in [2.75, 3.05) is 49.5 Å². The normalized spacial score (nSPS) is 17.1. The molecule has 0 atom stereocenters. The van der Waals surface area contributed by atoms with Crippen LogP contribution in [0.15, 0.2) is 36.7 Å². The average Bonchev–Trinajstić information content (AvgIpc) is 2.83. The van der Waals surface area contributed by atoms with E-state index in [1.54, 1.807) is 6.33 Å². The number of hydrogen-bond donors (Lipinski definition) is 2. The molecule has 3 heterocycles. The third-order valence-electron chi connectivity index (χ3n) is 6.69. The summed E-state index contributed by atoms with van der Waals surface area (Å²) >= 11 is 0. The number of amides is 1. The van der Waals surface area contributed by atoms with Crippen LogP contribution in [0, 0.1) is 5.92 Å². The van der Waals surface area contributed by atoms with Gasteiger partial charge in [0.2, 0.25) is 5.91 Å². The maximum Gasteiger partial charge on any atom is 0.220 e. The molecule has 2 aliphatic heterocycles. The fourth-order valence-electron chi connectivity index (χ4n) is 4.77. The Morgan fingerprint density at radius 3 is 2.75 bits per heavy atom. The van der Waals surface area contributed by atoms with E-state index in [1.807, 2.05) is 6.07 Å². The van der Waals surface area contributed by atoms with Crippen LogP contribution < -0.4 is 15.5 Å². The van der Waals surface area contributed by atoms with E-state index in [0.29, 0.717) is 12.3 Å². The Kier molecular flexibility index (Phi) is 7.93. The van der Waals surface area contributed by atoms with Crippen LogP contribution in [0.1, 0.15) is 43.7 Å².